The molecule has 0 bridgehead atoms. The van der Waals surface area contributed by atoms with Gasteiger partial charge in [0.25, 0.3) is 0 Å². The molecule has 2 aliphatic rings. The second-order valence-corrected chi connectivity index (χ2v) is 6.23. The van der Waals surface area contributed by atoms with Gasteiger partial charge in [0.05, 0.1) is 19.1 Å². The predicted molar refractivity (Wildman–Crippen MR) is 88.4 cm³/mol. The quantitative estimate of drug-likeness (QED) is 0.446. The maximum absolute atomic E-state index is 11.3. The number of fused-ring (bicyclic) bond motifs is 1. The Kier molecular flexibility index (Phi) is 5.54. The molecule has 0 aromatic heterocycles. The Morgan fingerprint density at radius 1 is 1.48 bits per heavy atom. The predicted octanol–water partition coefficient (Wildman–Crippen LogP) is 2.78. The molecule has 1 aromatic rings. The van der Waals surface area contributed by atoms with Crippen LogP contribution in [0.3, 0.4) is 0 Å². The monoisotopic (exact) mass is 356 g/mol. The molecule has 0 saturated carbocycles. The fourth-order valence-electron chi connectivity index (χ4n) is 2.75. The van der Waals surface area contributed by atoms with Crippen LogP contribution < -0.4 is 4.74 Å². The van der Waals surface area contributed by atoms with Gasteiger partial charge in [0.15, 0.2) is 0 Å². The highest BCUT2D eigenvalue weighted by molar-refractivity contribution is 7.09. The first kappa shape index (κ1) is 16.7. The fourth-order valence-corrected chi connectivity index (χ4v) is 3.10. The normalized spacial score (nSPS) is 27.9. The Balaban J connectivity index is 1.53. The number of benzene rings is 1. The van der Waals surface area contributed by atoms with Crippen molar-refractivity contribution in [3.8, 4) is 5.75 Å². The van der Waals surface area contributed by atoms with E-state index in [-0.39, 0.29) is 30.2 Å². The number of ether oxygens (including phenoxy) is 3. The zero-order chi connectivity index (χ0) is 16.2. The lowest BCUT2D eigenvalue weighted by Crippen LogP contribution is -2.20. The zero-order valence-corrected chi connectivity index (χ0v) is 14.3. The summed E-state index contributed by atoms with van der Waals surface area (Å²) < 4.78 is 21.8. The lowest BCUT2D eigenvalue weighted by atomic mass is 9.97. The molecule has 5 nitrogen and oxygen atoms in total. The van der Waals surface area contributed by atoms with Crippen molar-refractivity contribution < 1.29 is 23.5 Å². The molecule has 2 saturated heterocycles. The van der Waals surface area contributed by atoms with E-state index in [0.29, 0.717) is 30.4 Å². The average molecular weight is 357 g/mol. The summed E-state index contributed by atoms with van der Waals surface area (Å²) >= 11 is 5.92. The highest BCUT2D eigenvalue weighted by Crippen LogP contribution is 2.33. The third kappa shape index (κ3) is 4.24. The molecule has 0 radical (unpaired) electrons. The van der Waals surface area contributed by atoms with E-state index in [4.69, 9.17) is 30.3 Å². The third-order valence-electron chi connectivity index (χ3n) is 3.94. The largest absolute Gasteiger partial charge is 0.490 e. The minimum atomic E-state index is -0.250. The molecule has 2 aliphatic heterocycles. The molecule has 0 aliphatic carbocycles. The van der Waals surface area contributed by atoms with Crippen LogP contribution in [0.4, 0.5) is 0 Å². The Bertz CT molecular complexity index is 594. The summed E-state index contributed by atoms with van der Waals surface area (Å²) in [6.07, 6.45) is 3.72. The maximum Gasteiger partial charge on any atom is 0.306 e. The van der Waals surface area contributed by atoms with Gasteiger partial charge in [-0.15, -0.1) is 0 Å². The van der Waals surface area contributed by atoms with Crippen LogP contribution in [0.15, 0.2) is 36.4 Å². The summed E-state index contributed by atoms with van der Waals surface area (Å²) in [5.41, 5.74) is 0. The second-order valence-electron chi connectivity index (χ2n) is 5.52. The summed E-state index contributed by atoms with van der Waals surface area (Å²) in [4.78, 5) is 11.3. The van der Waals surface area contributed by atoms with Crippen LogP contribution in [-0.4, -0.2) is 37.5 Å². The van der Waals surface area contributed by atoms with E-state index in [9.17, 15) is 4.79 Å². The van der Waals surface area contributed by atoms with Gasteiger partial charge in [0.2, 0.25) is 0 Å². The van der Waals surface area contributed by atoms with E-state index < -0.39 is 0 Å². The SMILES string of the molecule is O=C1C[C@H]2C(CO[C@@H]2C=CC(COc2cccc(Cl)c2)OP)O1. The topological polar surface area (TPSA) is 54.0 Å². The van der Waals surface area contributed by atoms with Crippen LogP contribution in [0, 0.1) is 5.92 Å². The van der Waals surface area contributed by atoms with Crippen molar-refractivity contribution in [3.05, 3.63) is 41.4 Å². The first-order valence-electron chi connectivity index (χ1n) is 7.39. The molecule has 0 spiro atoms. The highest BCUT2D eigenvalue weighted by atomic mass is 35.5. The van der Waals surface area contributed by atoms with Gasteiger partial charge in [-0.05, 0) is 18.2 Å². The van der Waals surface area contributed by atoms with Gasteiger partial charge in [-0.1, -0.05) is 29.8 Å². The minimum absolute atomic E-state index is 0.0951. The first-order valence-corrected chi connectivity index (χ1v) is 8.24. The van der Waals surface area contributed by atoms with E-state index in [1.165, 1.54) is 0 Å². The Morgan fingerprint density at radius 3 is 3.13 bits per heavy atom. The molecule has 7 heteroatoms. The van der Waals surface area contributed by atoms with E-state index in [2.05, 4.69) is 9.47 Å². The lowest BCUT2D eigenvalue weighted by Gasteiger charge is -2.14. The van der Waals surface area contributed by atoms with Crippen molar-refractivity contribution in [2.24, 2.45) is 5.92 Å². The Labute approximate surface area is 142 Å². The molecule has 0 amide bonds. The fraction of sp³-hybridized carbons (Fsp3) is 0.438. The van der Waals surface area contributed by atoms with Crippen molar-refractivity contribution in [3.63, 3.8) is 0 Å². The van der Waals surface area contributed by atoms with Gasteiger partial charge >= 0.3 is 5.97 Å². The minimum Gasteiger partial charge on any atom is -0.490 e. The van der Waals surface area contributed by atoms with Crippen molar-refractivity contribution in [2.75, 3.05) is 13.2 Å². The second kappa shape index (κ2) is 7.63. The van der Waals surface area contributed by atoms with Gasteiger partial charge in [-0.3, -0.25) is 4.79 Å². The van der Waals surface area contributed by atoms with E-state index in [1.54, 1.807) is 12.1 Å². The molecule has 3 rings (SSSR count). The molecule has 3 unspecified atom stereocenters. The number of hydrogen-bond donors (Lipinski definition) is 0. The van der Waals surface area contributed by atoms with Crippen LogP contribution in [-0.2, 0) is 18.8 Å². The third-order valence-corrected chi connectivity index (χ3v) is 4.52. The van der Waals surface area contributed by atoms with Crippen LogP contribution in [0.25, 0.3) is 0 Å². The van der Waals surface area contributed by atoms with Crippen LogP contribution in [0.2, 0.25) is 5.02 Å². The summed E-state index contributed by atoms with van der Waals surface area (Å²) in [6.45, 7) is 0.799. The summed E-state index contributed by atoms with van der Waals surface area (Å²) in [7, 11) is 2.24. The molecular weight excluding hydrogens is 339 g/mol. The molecule has 1 aromatic carbocycles. The van der Waals surface area contributed by atoms with E-state index in [0.717, 1.165) is 0 Å². The summed E-state index contributed by atoms with van der Waals surface area (Å²) in [6, 6.07) is 7.20. The standard InChI is InChI=1S/C16H18ClO5P/c17-10-2-1-3-11(6-10)19-8-12(22-23)4-5-14-13-7-16(18)21-15(13)9-20-14/h1-6,12-15H,7-9,23H2/t12?,13-,14-,15?/m1/s1. The molecule has 2 fully saturated rings. The number of rotatable bonds is 6. The molecule has 0 N–H and O–H groups in total. The number of halogens is 1. The average Bonchev–Trinajstić information content (AvgIpc) is 3.07. The molecule has 124 valence electrons. The maximum atomic E-state index is 11.3. The van der Waals surface area contributed by atoms with Crippen LogP contribution in [0.1, 0.15) is 6.42 Å². The number of hydrogen-bond acceptors (Lipinski definition) is 5. The first-order chi connectivity index (χ1) is 11.2. The zero-order valence-electron chi connectivity index (χ0n) is 12.4. The summed E-state index contributed by atoms with van der Waals surface area (Å²) in [5, 5.41) is 0.623. The lowest BCUT2D eigenvalue weighted by molar-refractivity contribution is -0.142. The molecular formula is C16H18ClO5P. The van der Waals surface area contributed by atoms with Crippen molar-refractivity contribution in [1.82, 2.24) is 0 Å². The van der Waals surface area contributed by atoms with Crippen molar-refractivity contribution in [2.45, 2.75) is 24.7 Å². The molecule has 5 atom stereocenters. The highest BCUT2D eigenvalue weighted by Gasteiger charge is 2.44. The Hall–Kier alpha value is -1.13. The van der Waals surface area contributed by atoms with Gasteiger partial charge in [-0.25, -0.2) is 0 Å². The van der Waals surface area contributed by atoms with Gasteiger partial charge in [-0.2, -0.15) is 0 Å². The van der Waals surface area contributed by atoms with Crippen molar-refractivity contribution >= 4 is 27.0 Å². The smallest absolute Gasteiger partial charge is 0.306 e. The Morgan fingerprint density at radius 2 is 2.35 bits per heavy atom. The van der Waals surface area contributed by atoms with Crippen molar-refractivity contribution in [1.29, 1.82) is 0 Å². The number of carbonyl (C=O) groups is 1. The number of carbonyl (C=O) groups excluding carboxylic acids is 1. The van der Waals surface area contributed by atoms with Crippen LogP contribution >= 0.6 is 21.1 Å². The van der Waals surface area contributed by atoms with Gasteiger partial charge in [0.1, 0.15) is 24.6 Å². The van der Waals surface area contributed by atoms with E-state index >= 15 is 0 Å². The van der Waals surface area contributed by atoms with Crippen LogP contribution in [0.5, 0.6) is 5.75 Å². The van der Waals surface area contributed by atoms with Gasteiger partial charge < -0.3 is 18.7 Å². The molecule has 23 heavy (non-hydrogen) atoms. The summed E-state index contributed by atoms with van der Waals surface area (Å²) in [5.74, 6) is 0.632. The molecule has 2 heterocycles. The van der Waals surface area contributed by atoms with Gasteiger partial charge in [0, 0.05) is 20.4 Å². The van der Waals surface area contributed by atoms with E-state index in [1.807, 2.05) is 24.3 Å². The number of esters is 1.